The van der Waals surface area contributed by atoms with E-state index in [0.29, 0.717) is 19.4 Å². The Labute approximate surface area is 160 Å². The molecule has 0 bridgehead atoms. The van der Waals surface area contributed by atoms with E-state index in [-0.39, 0.29) is 30.3 Å². The van der Waals surface area contributed by atoms with Crippen LogP contribution in [0, 0.1) is 5.92 Å². The number of hydrogen-bond acceptors (Lipinski definition) is 5. The van der Waals surface area contributed by atoms with Crippen molar-refractivity contribution in [3.05, 3.63) is 18.5 Å². The van der Waals surface area contributed by atoms with Crippen molar-refractivity contribution in [1.82, 2.24) is 25.1 Å². The second kappa shape index (κ2) is 8.69. The zero-order valence-corrected chi connectivity index (χ0v) is 16.6. The molecule has 2 unspecified atom stereocenters. The molecule has 0 radical (unpaired) electrons. The monoisotopic (exact) mass is 405 g/mol. The standard InChI is InChI=1S/C16H27N5O3S.ClH/c1-25(23,24)20-14-5-2-4-13(14)12-18-15(22)16(6-9-17-10-7-16)21-11-3-8-19-21;/h3,8,11,13-14,17,20H,2,4-7,9-10,12H2,1H3,(H,18,22);1H. The van der Waals surface area contributed by atoms with Gasteiger partial charge in [0.2, 0.25) is 15.9 Å². The summed E-state index contributed by atoms with van der Waals surface area (Å²) < 4.78 is 27.5. The van der Waals surface area contributed by atoms with E-state index < -0.39 is 15.6 Å². The SMILES string of the molecule is CS(=O)(=O)NC1CCCC1CNC(=O)C1(n2cccn2)CCNCC1.Cl. The van der Waals surface area contributed by atoms with Crippen LogP contribution in [-0.4, -0.2) is 56.0 Å². The predicted molar refractivity (Wildman–Crippen MR) is 102 cm³/mol. The van der Waals surface area contributed by atoms with Crippen LogP contribution in [0.1, 0.15) is 32.1 Å². The first-order chi connectivity index (χ1) is 11.9. The van der Waals surface area contributed by atoms with Crippen LogP contribution in [0.2, 0.25) is 0 Å². The highest BCUT2D eigenvalue weighted by molar-refractivity contribution is 7.88. The maximum Gasteiger partial charge on any atom is 0.248 e. The molecule has 3 N–H and O–H groups in total. The highest BCUT2D eigenvalue weighted by atomic mass is 35.5. The molecule has 2 aliphatic rings. The summed E-state index contributed by atoms with van der Waals surface area (Å²) in [4.78, 5) is 13.0. The van der Waals surface area contributed by atoms with Gasteiger partial charge < -0.3 is 10.6 Å². The quantitative estimate of drug-likeness (QED) is 0.627. The molecule has 1 aliphatic carbocycles. The van der Waals surface area contributed by atoms with Gasteiger partial charge in [-0.3, -0.25) is 9.48 Å². The maximum absolute atomic E-state index is 13.0. The second-order valence-electron chi connectivity index (χ2n) is 7.13. The predicted octanol–water partition coefficient (Wildman–Crippen LogP) is 0.218. The first-order valence-corrected chi connectivity index (χ1v) is 10.8. The lowest BCUT2D eigenvalue weighted by atomic mass is 9.87. The van der Waals surface area contributed by atoms with Gasteiger partial charge in [0.15, 0.2) is 0 Å². The fourth-order valence-corrected chi connectivity index (χ4v) is 4.88. The van der Waals surface area contributed by atoms with Crippen LogP contribution in [0.5, 0.6) is 0 Å². The molecule has 2 atom stereocenters. The Morgan fingerprint density at radius 1 is 1.35 bits per heavy atom. The molecule has 148 valence electrons. The van der Waals surface area contributed by atoms with Crippen molar-refractivity contribution >= 4 is 28.3 Å². The molecule has 0 spiro atoms. The van der Waals surface area contributed by atoms with Crippen molar-refractivity contribution in [1.29, 1.82) is 0 Å². The van der Waals surface area contributed by atoms with Crippen LogP contribution < -0.4 is 15.4 Å². The van der Waals surface area contributed by atoms with Gasteiger partial charge >= 0.3 is 0 Å². The fourth-order valence-electron chi connectivity index (χ4n) is 4.02. The molecule has 26 heavy (non-hydrogen) atoms. The van der Waals surface area contributed by atoms with Crippen LogP contribution in [0.25, 0.3) is 0 Å². The molecule has 1 saturated heterocycles. The third-order valence-corrected chi connectivity index (χ3v) is 6.08. The molecular weight excluding hydrogens is 378 g/mol. The summed E-state index contributed by atoms with van der Waals surface area (Å²) >= 11 is 0. The van der Waals surface area contributed by atoms with Crippen molar-refractivity contribution in [2.45, 2.75) is 43.7 Å². The number of piperidine rings is 1. The lowest BCUT2D eigenvalue weighted by Crippen LogP contribution is -2.55. The molecule has 2 heterocycles. The topological polar surface area (TPSA) is 105 Å². The minimum atomic E-state index is -3.23. The zero-order chi connectivity index (χ0) is 17.9. The summed E-state index contributed by atoms with van der Waals surface area (Å²) in [6.45, 7) is 2.03. The van der Waals surface area contributed by atoms with Crippen molar-refractivity contribution in [2.24, 2.45) is 5.92 Å². The fraction of sp³-hybridized carbons (Fsp3) is 0.750. The number of aromatic nitrogens is 2. The molecule has 8 nitrogen and oxygen atoms in total. The smallest absolute Gasteiger partial charge is 0.248 e. The van der Waals surface area contributed by atoms with E-state index in [2.05, 4.69) is 20.5 Å². The first-order valence-electron chi connectivity index (χ1n) is 8.87. The van der Waals surface area contributed by atoms with E-state index in [0.717, 1.165) is 32.4 Å². The molecule has 1 aromatic heterocycles. The van der Waals surface area contributed by atoms with Gasteiger partial charge in [0.05, 0.1) is 6.26 Å². The number of carbonyl (C=O) groups excluding carboxylic acids is 1. The molecule has 2 fully saturated rings. The van der Waals surface area contributed by atoms with E-state index >= 15 is 0 Å². The van der Waals surface area contributed by atoms with Gasteiger partial charge in [-0.25, -0.2) is 13.1 Å². The average Bonchev–Trinajstić information content (AvgIpc) is 3.24. The van der Waals surface area contributed by atoms with Gasteiger partial charge in [-0.2, -0.15) is 5.10 Å². The van der Waals surface area contributed by atoms with E-state index in [1.807, 2.05) is 12.3 Å². The van der Waals surface area contributed by atoms with E-state index in [1.54, 1.807) is 10.9 Å². The number of amides is 1. The third-order valence-electron chi connectivity index (χ3n) is 5.35. The molecule has 1 saturated carbocycles. The van der Waals surface area contributed by atoms with Crippen molar-refractivity contribution in [3.8, 4) is 0 Å². The maximum atomic E-state index is 13.0. The Morgan fingerprint density at radius 2 is 2.08 bits per heavy atom. The van der Waals surface area contributed by atoms with Crippen LogP contribution in [0.3, 0.4) is 0 Å². The summed E-state index contributed by atoms with van der Waals surface area (Å²) in [5, 5.41) is 10.7. The number of sulfonamides is 1. The number of hydrogen-bond donors (Lipinski definition) is 3. The minimum Gasteiger partial charge on any atom is -0.354 e. The van der Waals surface area contributed by atoms with Crippen LogP contribution in [0.4, 0.5) is 0 Å². The van der Waals surface area contributed by atoms with Gasteiger partial charge in [0.1, 0.15) is 5.54 Å². The molecule has 1 aliphatic heterocycles. The summed E-state index contributed by atoms with van der Waals surface area (Å²) in [5.41, 5.74) is -0.660. The molecule has 3 rings (SSSR count). The van der Waals surface area contributed by atoms with E-state index in [4.69, 9.17) is 0 Å². The van der Waals surface area contributed by atoms with E-state index in [9.17, 15) is 13.2 Å². The van der Waals surface area contributed by atoms with Gasteiger partial charge in [-0.15, -0.1) is 12.4 Å². The average molecular weight is 406 g/mol. The highest BCUT2D eigenvalue weighted by Crippen LogP contribution is 2.29. The lowest BCUT2D eigenvalue weighted by molar-refractivity contribution is -0.132. The molecule has 10 heteroatoms. The Hall–Kier alpha value is -1.16. The summed E-state index contributed by atoms with van der Waals surface area (Å²) in [6, 6.07) is 1.74. The molecular formula is C16H28ClN5O3S. The van der Waals surface area contributed by atoms with Crippen LogP contribution in [0.15, 0.2) is 18.5 Å². The Kier molecular flexibility index (Phi) is 7.06. The lowest BCUT2D eigenvalue weighted by Gasteiger charge is -2.37. The molecule has 1 aromatic rings. The molecule has 1 amide bonds. The van der Waals surface area contributed by atoms with Crippen molar-refractivity contribution in [2.75, 3.05) is 25.9 Å². The van der Waals surface area contributed by atoms with Crippen molar-refractivity contribution in [3.63, 3.8) is 0 Å². The van der Waals surface area contributed by atoms with Gasteiger partial charge in [-0.1, -0.05) is 6.42 Å². The number of nitrogens with zero attached hydrogens (tertiary/aromatic N) is 2. The van der Waals surface area contributed by atoms with Crippen LogP contribution in [-0.2, 0) is 20.4 Å². The van der Waals surface area contributed by atoms with Crippen LogP contribution >= 0.6 is 12.4 Å². The largest absolute Gasteiger partial charge is 0.354 e. The van der Waals surface area contributed by atoms with Gasteiger partial charge in [0, 0.05) is 25.0 Å². The first kappa shape index (κ1) is 21.1. The number of carbonyl (C=O) groups is 1. The number of halogens is 1. The summed E-state index contributed by atoms with van der Waals surface area (Å²) in [5.74, 6) is 0.109. The minimum absolute atomic E-state index is 0. The third kappa shape index (κ3) is 4.76. The zero-order valence-electron chi connectivity index (χ0n) is 15.0. The van der Waals surface area contributed by atoms with Gasteiger partial charge in [-0.05, 0) is 50.8 Å². The molecule has 0 aromatic carbocycles. The van der Waals surface area contributed by atoms with E-state index in [1.165, 1.54) is 6.26 Å². The van der Waals surface area contributed by atoms with Crippen molar-refractivity contribution < 1.29 is 13.2 Å². The Morgan fingerprint density at radius 3 is 2.69 bits per heavy atom. The summed E-state index contributed by atoms with van der Waals surface area (Å²) in [6.07, 6.45) is 8.82. The highest BCUT2D eigenvalue weighted by Gasteiger charge is 2.42. The van der Waals surface area contributed by atoms with Gasteiger partial charge in [0.25, 0.3) is 0 Å². The number of rotatable bonds is 6. The second-order valence-corrected chi connectivity index (χ2v) is 8.91. The Bertz CT molecular complexity index is 689. The number of nitrogens with one attached hydrogen (secondary N) is 3. The normalized spacial score (nSPS) is 25.4. The Balaban J connectivity index is 0.00000243. The summed E-state index contributed by atoms with van der Waals surface area (Å²) in [7, 11) is -3.23.